The van der Waals surface area contributed by atoms with E-state index in [9.17, 15) is 101 Å². The predicted molar refractivity (Wildman–Crippen MR) is 345 cm³/mol. The van der Waals surface area contributed by atoms with E-state index < -0.39 is 204 Å². The Morgan fingerprint density at radius 3 is 0.939 bits per heavy atom. The number of hydrogen-bond acceptors (Lipinski definition) is 29. The van der Waals surface area contributed by atoms with Crippen molar-refractivity contribution in [2.45, 2.75) is 368 Å². The van der Waals surface area contributed by atoms with Crippen LogP contribution in [0, 0.1) is 0 Å². The lowest BCUT2D eigenvalue weighted by atomic mass is 9.97. The van der Waals surface area contributed by atoms with Crippen molar-refractivity contribution in [2.75, 3.05) is 33.0 Å². The monoisotopic (exact) mass is 1420 g/mol. The Morgan fingerprint density at radius 1 is 0.367 bits per heavy atom. The highest BCUT2D eigenvalue weighted by Gasteiger charge is 2.53. The highest BCUT2D eigenvalue weighted by atomic mass is 16.8. The number of carbonyl (C=O) groups excluding carboxylic acids is 3. The molecule has 0 aromatic heterocycles. The van der Waals surface area contributed by atoms with Crippen molar-refractivity contribution in [2.24, 2.45) is 0 Å². The van der Waals surface area contributed by atoms with E-state index in [1.165, 1.54) is 6.42 Å². The number of hydrogen-bond donors (Lipinski definition) is 16. The number of aliphatic carboxylic acids is 2. The number of rotatable bonds is 47. The molecule has 0 radical (unpaired) electrons. The van der Waals surface area contributed by atoms with E-state index in [-0.39, 0.29) is 19.3 Å². The molecule has 0 aromatic carbocycles. The Hall–Kier alpha value is -3.04. The van der Waals surface area contributed by atoms with Gasteiger partial charge in [-0.15, -0.1) is 0 Å². The Bertz CT molecular complexity index is 1930. The first-order valence-electron chi connectivity index (χ1n) is 35.9. The smallest absolute Gasteiger partial charge is 0.308 e. The van der Waals surface area contributed by atoms with Crippen molar-refractivity contribution in [3.63, 3.8) is 0 Å². The maximum Gasteiger partial charge on any atom is 0.308 e. The number of ether oxygens (including phenoxy) is 10. The number of aliphatic hydroxyl groups excluding tert-OH is 14. The summed E-state index contributed by atoms with van der Waals surface area (Å²) in [4.78, 5) is 48.8. The van der Waals surface area contributed by atoms with Crippen molar-refractivity contribution in [3.8, 4) is 0 Å². The van der Waals surface area contributed by atoms with Crippen LogP contribution in [0.15, 0.2) is 0 Å². The molecular weight excluding hydrogens is 1300 g/mol. The molecule has 98 heavy (non-hydrogen) atoms. The van der Waals surface area contributed by atoms with Gasteiger partial charge in [-0.2, -0.15) is 0 Å². The van der Waals surface area contributed by atoms with Crippen LogP contribution < -0.4 is 10.8 Å². The number of aliphatic hydroxyl groups is 14. The number of carboxylic acids is 2. The van der Waals surface area contributed by atoms with Crippen LogP contribution in [0.2, 0.25) is 0 Å². The summed E-state index contributed by atoms with van der Waals surface area (Å²) < 4.78 is 56.4. The van der Waals surface area contributed by atoms with Gasteiger partial charge >= 0.3 is 17.9 Å². The van der Waals surface area contributed by atoms with Crippen LogP contribution in [0.3, 0.4) is 0 Å². The molecule has 0 aliphatic carbocycles. The summed E-state index contributed by atoms with van der Waals surface area (Å²) in [7, 11) is 0. The molecule has 4 aliphatic heterocycles. The lowest BCUT2D eigenvalue weighted by molar-refractivity contribution is -0.367. The SMILES string of the molecule is CCCCCCCC(CC(=O)O)OC(=O)CC(CCCCCCC)OC1OC(CO)C(OC2OC(CO)C(O)C(O)C2O)C(O)C1O.CCCCCCCC(CC(=O)[O-])OC(=O)CC(CCCCCCC)OC1OC(CO)C(OC2OC(CO)C(O)C(O)C2O)C(O)C1O.CCC[NH3+]. The maximum absolute atomic E-state index is 13.0. The molecule has 31 nitrogen and oxygen atoms in total. The van der Waals surface area contributed by atoms with Gasteiger partial charge in [-0.1, -0.05) is 150 Å². The second kappa shape index (κ2) is 52.0. The lowest BCUT2D eigenvalue weighted by Gasteiger charge is -2.46. The predicted octanol–water partition coefficient (Wildman–Crippen LogP) is -0.710. The topological polar surface area (TPSA) is 515 Å². The number of unbranched alkanes of at least 4 members (excludes halogenated alkanes) is 16. The van der Waals surface area contributed by atoms with Crippen molar-refractivity contribution < 1.29 is 154 Å². The number of esters is 2. The first-order chi connectivity index (χ1) is 46.8. The van der Waals surface area contributed by atoms with Gasteiger partial charge in [0, 0.05) is 12.4 Å². The Labute approximate surface area is 577 Å². The third kappa shape index (κ3) is 33.2. The van der Waals surface area contributed by atoms with Crippen molar-refractivity contribution in [1.82, 2.24) is 0 Å². The molecule has 4 rings (SSSR count). The lowest BCUT2D eigenvalue weighted by Crippen LogP contribution is -2.65. The van der Waals surface area contributed by atoms with Gasteiger partial charge in [0.25, 0.3) is 0 Å². The molecule has 18 N–H and O–H groups in total. The zero-order valence-electron chi connectivity index (χ0n) is 58.4. The third-order valence-electron chi connectivity index (χ3n) is 17.6. The molecule has 0 spiro atoms. The molecular formula is C67H125NO30. The first kappa shape index (κ1) is 91.0. The largest absolute Gasteiger partial charge is 0.550 e. The summed E-state index contributed by atoms with van der Waals surface area (Å²) in [5, 5.41) is 164. The highest BCUT2D eigenvalue weighted by molar-refractivity contribution is 5.72. The Balaban J connectivity index is 0.000000632. The van der Waals surface area contributed by atoms with E-state index in [2.05, 4.69) is 40.4 Å². The van der Waals surface area contributed by atoms with Gasteiger partial charge in [0.1, 0.15) is 110 Å². The average molecular weight is 1420 g/mol. The fourth-order valence-corrected chi connectivity index (χ4v) is 11.7. The van der Waals surface area contributed by atoms with Gasteiger partial charge < -0.3 is 140 Å². The van der Waals surface area contributed by atoms with Gasteiger partial charge in [0.15, 0.2) is 25.2 Å². The minimum absolute atomic E-state index is 0.267. The van der Waals surface area contributed by atoms with E-state index in [1.54, 1.807) is 0 Å². The van der Waals surface area contributed by atoms with Crippen molar-refractivity contribution in [1.29, 1.82) is 0 Å². The second-order valence-corrected chi connectivity index (χ2v) is 26.0. The average Bonchev–Trinajstić information content (AvgIpc) is 0.794. The molecule has 4 aliphatic rings. The molecule has 578 valence electrons. The molecule has 0 saturated carbocycles. The minimum Gasteiger partial charge on any atom is -0.550 e. The zero-order chi connectivity index (χ0) is 73.3. The Kier molecular flexibility index (Phi) is 48.3. The molecule has 0 amide bonds. The second-order valence-electron chi connectivity index (χ2n) is 26.0. The van der Waals surface area contributed by atoms with E-state index in [4.69, 9.17) is 47.4 Å². The van der Waals surface area contributed by atoms with E-state index in [1.807, 2.05) is 0 Å². The van der Waals surface area contributed by atoms with Gasteiger partial charge in [0.2, 0.25) is 0 Å². The molecule has 31 heteroatoms. The van der Waals surface area contributed by atoms with Crippen LogP contribution >= 0.6 is 0 Å². The quantitative estimate of drug-likeness (QED) is 0.0264. The first-order valence-corrected chi connectivity index (χ1v) is 35.9. The maximum atomic E-state index is 13.0. The molecule has 0 bridgehead atoms. The normalized spacial score (nSPS) is 31.5. The Morgan fingerprint density at radius 2 is 0.653 bits per heavy atom. The molecule has 4 saturated heterocycles. The van der Waals surface area contributed by atoms with Gasteiger partial charge in [0.05, 0.1) is 64.4 Å². The van der Waals surface area contributed by atoms with Crippen LogP contribution in [0.5, 0.6) is 0 Å². The molecule has 4 fully saturated rings. The summed E-state index contributed by atoms with van der Waals surface area (Å²) in [5.41, 5.74) is 3.60. The highest BCUT2D eigenvalue weighted by Crippen LogP contribution is 2.34. The molecule has 4 heterocycles. The van der Waals surface area contributed by atoms with Crippen molar-refractivity contribution in [3.05, 3.63) is 0 Å². The van der Waals surface area contributed by atoms with Crippen LogP contribution in [-0.2, 0) is 66.5 Å². The summed E-state index contributed by atoms with van der Waals surface area (Å²) in [6, 6.07) is 0. The van der Waals surface area contributed by atoms with E-state index >= 15 is 0 Å². The fraction of sp³-hybridized carbons (Fsp3) is 0.940. The van der Waals surface area contributed by atoms with Crippen LogP contribution in [-0.4, -0.2) is 281 Å². The van der Waals surface area contributed by atoms with Crippen LogP contribution in [0.4, 0.5) is 0 Å². The van der Waals surface area contributed by atoms with Crippen molar-refractivity contribution >= 4 is 23.9 Å². The van der Waals surface area contributed by atoms with E-state index in [0.717, 1.165) is 116 Å². The molecule has 24 atom stereocenters. The number of quaternary nitrogens is 1. The van der Waals surface area contributed by atoms with Gasteiger partial charge in [-0.25, -0.2) is 0 Å². The summed E-state index contributed by atoms with van der Waals surface area (Å²) >= 11 is 0. The fourth-order valence-electron chi connectivity index (χ4n) is 11.7. The summed E-state index contributed by atoms with van der Waals surface area (Å²) in [5.74, 6) is -3.78. The van der Waals surface area contributed by atoms with Crippen LogP contribution in [0.25, 0.3) is 0 Å². The number of carboxylic acid groups (broad SMARTS) is 2. The summed E-state index contributed by atoms with van der Waals surface area (Å²) in [6.07, 6.45) is -15.5. The minimum atomic E-state index is -1.80. The third-order valence-corrected chi connectivity index (χ3v) is 17.6. The molecule has 0 aromatic rings. The summed E-state index contributed by atoms with van der Waals surface area (Å²) in [6.45, 7) is 8.63. The standard InChI is InChI=1S/2C32H58O15.C3H9N/c2*1-3-5-7-9-11-13-19(15-23(35)36)43-24(37)16-20(14-12-10-8-6-4-2)44-31-29(42)27(40)30(22(18-34)46-31)47-32-28(41)26(39)25(38)21(17-33)45-32;1-2-3-4/h2*19-22,25-34,38-42H,3-18H2,1-2H3,(H,35,36);2-4H2,1H3. The van der Waals surface area contributed by atoms with E-state index in [0.29, 0.717) is 44.9 Å². The van der Waals surface area contributed by atoms with Gasteiger partial charge in [-0.05, 0) is 44.9 Å². The number of carbonyl (C=O) groups is 4. The van der Waals surface area contributed by atoms with Gasteiger partial charge in [-0.3, -0.25) is 14.4 Å². The van der Waals surface area contributed by atoms with Crippen LogP contribution in [0.1, 0.15) is 221 Å². The zero-order valence-corrected chi connectivity index (χ0v) is 58.4. The molecule has 24 unspecified atom stereocenters.